The van der Waals surface area contributed by atoms with Crippen LogP contribution in [0.5, 0.6) is 0 Å². The Morgan fingerprint density at radius 2 is 1.96 bits per heavy atom. The molecule has 0 aliphatic rings. The summed E-state index contributed by atoms with van der Waals surface area (Å²) in [5.41, 5.74) is 2.33. The molecule has 7 heteroatoms. The van der Waals surface area contributed by atoms with Crippen LogP contribution in [0.4, 0.5) is 0 Å². The zero-order chi connectivity index (χ0) is 20.1. The lowest BCUT2D eigenvalue weighted by Gasteiger charge is -2.17. The lowest BCUT2D eigenvalue weighted by Crippen LogP contribution is -2.28. The van der Waals surface area contributed by atoms with Crippen molar-refractivity contribution in [2.45, 2.75) is 39.0 Å². The third-order valence-corrected chi connectivity index (χ3v) is 5.25. The van der Waals surface area contributed by atoms with Crippen molar-refractivity contribution in [3.63, 3.8) is 0 Å². The maximum atomic E-state index is 12.6. The molecule has 1 aromatic carbocycles. The first-order valence-corrected chi connectivity index (χ1v) is 10.3. The highest BCUT2D eigenvalue weighted by atomic mass is 32.2. The second kappa shape index (κ2) is 9.10. The Hall–Kier alpha value is -2.54. The van der Waals surface area contributed by atoms with Gasteiger partial charge in [-0.15, -0.1) is 10.2 Å². The van der Waals surface area contributed by atoms with Gasteiger partial charge in [-0.2, -0.15) is 0 Å². The molecule has 2 aromatic heterocycles. The van der Waals surface area contributed by atoms with E-state index in [0.29, 0.717) is 29.8 Å². The number of aromatic nitrogens is 3. The fourth-order valence-corrected chi connectivity index (χ4v) is 3.69. The number of benzene rings is 1. The summed E-state index contributed by atoms with van der Waals surface area (Å²) in [6, 6.07) is 11.9. The first-order chi connectivity index (χ1) is 13.4. The molecule has 0 unspecified atom stereocenters. The van der Waals surface area contributed by atoms with Gasteiger partial charge in [-0.3, -0.25) is 9.36 Å². The fourth-order valence-electron chi connectivity index (χ4n) is 2.81. The van der Waals surface area contributed by atoms with E-state index in [4.69, 9.17) is 4.42 Å². The van der Waals surface area contributed by atoms with Crippen LogP contribution < -0.4 is 0 Å². The number of nitrogens with zero attached hydrogens (tertiary/aromatic N) is 4. The minimum absolute atomic E-state index is 0.0595. The lowest BCUT2D eigenvalue weighted by atomic mass is 10.1. The molecule has 0 N–H and O–H groups in total. The maximum absolute atomic E-state index is 12.6. The van der Waals surface area contributed by atoms with Crippen LogP contribution >= 0.6 is 11.8 Å². The van der Waals surface area contributed by atoms with Crippen LogP contribution in [0.1, 0.15) is 25.0 Å². The Labute approximate surface area is 169 Å². The SMILES string of the molecule is Cc1ccc(CN(C)C(=O)CSc2nnc(-c3ccco3)n2CC(C)C)cc1. The van der Waals surface area contributed by atoms with E-state index < -0.39 is 0 Å². The predicted octanol–water partition coefficient (Wildman–Crippen LogP) is 4.25. The third kappa shape index (κ3) is 5.04. The molecule has 0 fully saturated rings. The molecule has 148 valence electrons. The Morgan fingerprint density at radius 3 is 2.61 bits per heavy atom. The predicted molar refractivity (Wildman–Crippen MR) is 111 cm³/mol. The first-order valence-electron chi connectivity index (χ1n) is 9.33. The summed E-state index contributed by atoms with van der Waals surface area (Å²) in [5, 5.41) is 9.31. The van der Waals surface area contributed by atoms with Crippen molar-refractivity contribution < 1.29 is 9.21 Å². The number of carbonyl (C=O) groups excluding carboxylic acids is 1. The van der Waals surface area contributed by atoms with Crippen LogP contribution in [-0.4, -0.2) is 38.4 Å². The Morgan fingerprint density at radius 1 is 1.21 bits per heavy atom. The maximum Gasteiger partial charge on any atom is 0.233 e. The van der Waals surface area contributed by atoms with Crippen molar-refractivity contribution in [3.8, 4) is 11.6 Å². The average molecular weight is 399 g/mol. The second-order valence-electron chi connectivity index (χ2n) is 7.31. The molecule has 3 rings (SSSR count). The van der Waals surface area contributed by atoms with Gasteiger partial charge < -0.3 is 9.32 Å². The van der Waals surface area contributed by atoms with Crippen LogP contribution in [0.2, 0.25) is 0 Å². The molecule has 3 aromatic rings. The van der Waals surface area contributed by atoms with Gasteiger partial charge in [0.2, 0.25) is 5.91 Å². The molecular weight excluding hydrogens is 372 g/mol. The molecule has 28 heavy (non-hydrogen) atoms. The van der Waals surface area contributed by atoms with Gasteiger partial charge in [0.15, 0.2) is 16.7 Å². The van der Waals surface area contributed by atoms with Crippen LogP contribution in [0, 0.1) is 12.8 Å². The van der Waals surface area contributed by atoms with E-state index in [-0.39, 0.29) is 5.91 Å². The third-order valence-electron chi connectivity index (χ3n) is 4.30. The van der Waals surface area contributed by atoms with Crippen molar-refractivity contribution in [2.75, 3.05) is 12.8 Å². The lowest BCUT2D eigenvalue weighted by molar-refractivity contribution is -0.127. The molecule has 0 aliphatic carbocycles. The number of hydrogen-bond acceptors (Lipinski definition) is 5. The van der Waals surface area contributed by atoms with E-state index in [9.17, 15) is 4.79 Å². The van der Waals surface area contributed by atoms with E-state index in [1.807, 2.05) is 23.7 Å². The summed E-state index contributed by atoms with van der Waals surface area (Å²) < 4.78 is 7.52. The summed E-state index contributed by atoms with van der Waals surface area (Å²) in [7, 11) is 1.83. The highest BCUT2D eigenvalue weighted by molar-refractivity contribution is 7.99. The number of hydrogen-bond donors (Lipinski definition) is 0. The van der Waals surface area contributed by atoms with Crippen molar-refractivity contribution in [1.29, 1.82) is 0 Å². The molecule has 1 amide bonds. The van der Waals surface area contributed by atoms with Crippen LogP contribution in [0.25, 0.3) is 11.6 Å². The number of thioether (sulfide) groups is 1. The summed E-state index contributed by atoms with van der Waals surface area (Å²) in [6.07, 6.45) is 1.63. The fraction of sp³-hybridized carbons (Fsp3) is 0.381. The summed E-state index contributed by atoms with van der Waals surface area (Å²) >= 11 is 1.41. The van der Waals surface area contributed by atoms with Gasteiger partial charge >= 0.3 is 0 Å². The molecule has 0 bridgehead atoms. The number of amides is 1. The minimum Gasteiger partial charge on any atom is -0.461 e. The minimum atomic E-state index is 0.0595. The van der Waals surface area contributed by atoms with Crippen molar-refractivity contribution >= 4 is 17.7 Å². The highest BCUT2D eigenvalue weighted by Crippen LogP contribution is 2.25. The topological polar surface area (TPSA) is 64.2 Å². The molecular formula is C21H26N4O2S. The number of aryl methyl sites for hydroxylation is 1. The molecule has 2 heterocycles. The molecule has 6 nitrogen and oxygen atoms in total. The van der Waals surface area contributed by atoms with Gasteiger partial charge in [-0.05, 0) is 30.5 Å². The van der Waals surface area contributed by atoms with Crippen LogP contribution in [0.3, 0.4) is 0 Å². The van der Waals surface area contributed by atoms with Gasteiger partial charge in [0.05, 0.1) is 12.0 Å². The Kier molecular flexibility index (Phi) is 6.57. The average Bonchev–Trinajstić information content (AvgIpc) is 3.31. The smallest absolute Gasteiger partial charge is 0.233 e. The molecule has 0 aliphatic heterocycles. The summed E-state index contributed by atoms with van der Waals surface area (Å²) in [6.45, 7) is 7.69. The van der Waals surface area contributed by atoms with Gasteiger partial charge in [-0.1, -0.05) is 55.4 Å². The van der Waals surface area contributed by atoms with Gasteiger partial charge in [0.1, 0.15) is 0 Å². The van der Waals surface area contributed by atoms with Crippen molar-refractivity contribution in [1.82, 2.24) is 19.7 Å². The summed E-state index contributed by atoms with van der Waals surface area (Å²) in [4.78, 5) is 14.3. The number of rotatable bonds is 8. The largest absolute Gasteiger partial charge is 0.461 e. The molecule has 0 spiro atoms. The number of furan rings is 1. The molecule has 0 saturated heterocycles. The molecule has 0 atom stereocenters. The second-order valence-corrected chi connectivity index (χ2v) is 8.25. The van der Waals surface area contributed by atoms with Crippen LogP contribution in [-0.2, 0) is 17.9 Å². The van der Waals surface area contributed by atoms with E-state index in [1.54, 1.807) is 11.2 Å². The van der Waals surface area contributed by atoms with Gasteiger partial charge in [0.25, 0.3) is 0 Å². The van der Waals surface area contributed by atoms with E-state index in [1.165, 1.54) is 17.3 Å². The zero-order valence-corrected chi connectivity index (χ0v) is 17.6. The summed E-state index contributed by atoms with van der Waals surface area (Å²) in [5.74, 6) is 2.18. The first kappa shape index (κ1) is 20.2. The van der Waals surface area contributed by atoms with E-state index in [0.717, 1.165) is 17.3 Å². The quantitative estimate of drug-likeness (QED) is 0.531. The normalized spacial score (nSPS) is 11.2. The molecule has 0 radical (unpaired) electrons. The van der Waals surface area contributed by atoms with Crippen molar-refractivity contribution in [2.24, 2.45) is 5.92 Å². The monoisotopic (exact) mass is 398 g/mol. The van der Waals surface area contributed by atoms with E-state index >= 15 is 0 Å². The standard InChI is InChI=1S/C21H26N4O2S/c1-15(2)12-25-20(18-6-5-11-27-18)22-23-21(25)28-14-19(26)24(4)13-17-9-7-16(3)8-10-17/h5-11,15H,12-14H2,1-4H3. The highest BCUT2D eigenvalue weighted by Gasteiger charge is 2.19. The van der Waals surface area contributed by atoms with Gasteiger partial charge in [-0.25, -0.2) is 0 Å². The zero-order valence-electron chi connectivity index (χ0n) is 16.8. The Balaban J connectivity index is 1.66. The number of carbonyl (C=O) groups is 1. The van der Waals surface area contributed by atoms with Gasteiger partial charge in [0, 0.05) is 20.1 Å². The van der Waals surface area contributed by atoms with E-state index in [2.05, 4.69) is 55.2 Å². The van der Waals surface area contributed by atoms with Crippen LogP contribution in [0.15, 0.2) is 52.2 Å². The van der Waals surface area contributed by atoms with Crippen molar-refractivity contribution in [3.05, 3.63) is 53.8 Å². The molecule has 0 saturated carbocycles. The Bertz CT molecular complexity index is 901.